The number of rotatable bonds is 3. The van der Waals surface area contributed by atoms with Crippen LogP contribution in [0.15, 0.2) is 35.1 Å². The van der Waals surface area contributed by atoms with Gasteiger partial charge in [0.25, 0.3) is 11.5 Å². The second kappa shape index (κ2) is 7.60. The van der Waals surface area contributed by atoms with E-state index in [0.29, 0.717) is 23.2 Å². The van der Waals surface area contributed by atoms with Gasteiger partial charge in [0.1, 0.15) is 5.82 Å². The summed E-state index contributed by atoms with van der Waals surface area (Å²) in [6.45, 7) is 1.97. The van der Waals surface area contributed by atoms with E-state index in [9.17, 15) is 22.8 Å². The van der Waals surface area contributed by atoms with Crippen LogP contribution in [-0.2, 0) is 17.8 Å². The average Bonchev–Trinajstić information content (AvgIpc) is 2.73. The van der Waals surface area contributed by atoms with Crippen molar-refractivity contribution in [2.45, 2.75) is 26.0 Å². The third-order valence-electron chi connectivity index (χ3n) is 5.51. The number of nitrogens with zero attached hydrogens (tertiary/aromatic N) is 1. The molecule has 2 aromatic carbocycles. The number of carbonyl (C=O) groups is 1. The molecule has 0 fully saturated rings. The van der Waals surface area contributed by atoms with Crippen LogP contribution in [0.5, 0.6) is 0 Å². The molecule has 1 aliphatic rings. The predicted molar refractivity (Wildman–Crippen MR) is 105 cm³/mol. The number of fused-ring (bicyclic) bond motifs is 3. The van der Waals surface area contributed by atoms with E-state index in [1.807, 2.05) is 6.92 Å². The normalized spacial score (nSPS) is 15.8. The van der Waals surface area contributed by atoms with Gasteiger partial charge >= 0.3 is 0 Å². The van der Waals surface area contributed by atoms with E-state index in [4.69, 9.17) is 4.74 Å². The summed E-state index contributed by atoms with van der Waals surface area (Å²) >= 11 is 0. The Morgan fingerprint density at radius 2 is 1.83 bits per heavy atom. The van der Waals surface area contributed by atoms with Crippen LogP contribution in [0.2, 0.25) is 0 Å². The molecule has 8 heteroatoms. The van der Waals surface area contributed by atoms with Gasteiger partial charge in [0.05, 0.1) is 24.6 Å². The molecule has 5 nitrogen and oxygen atoms in total. The third-order valence-corrected chi connectivity index (χ3v) is 5.51. The number of halogens is 3. The second-order valence-electron chi connectivity index (χ2n) is 7.26. The standard InChI is InChI=1S/C22H19F3N2O3/c1-3-11-4-5-12(6-15(11)23)22(29)27(2)19-10-30-9-18-20(19)13-7-16(24)17(25)8-14(13)21(28)26-18/h4-8,19H,3,9-10H2,1-2H3,(H,26,28). The minimum absolute atomic E-state index is 0.0151. The lowest BCUT2D eigenvalue weighted by Crippen LogP contribution is -2.37. The van der Waals surface area contributed by atoms with Crippen molar-refractivity contribution in [3.05, 3.63) is 80.5 Å². The number of H-pyrrole nitrogens is 1. The summed E-state index contributed by atoms with van der Waals surface area (Å²) < 4.78 is 47.4. The number of carbonyl (C=O) groups excluding carboxylic acids is 1. The number of nitrogens with one attached hydrogen (secondary N) is 1. The fourth-order valence-corrected chi connectivity index (χ4v) is 3.86. The number of aromatic nitrogens is 1. The van der Waals surface area contributed by atoms with Gasteiger partial charge in [-0.3, -0.25) is 9.59 Å². The first-order valence-electron chi connectivity index (χ1n) is 9.49. The predicted octanol–water partition coefficient (Wildman–Crippen LogP) is 3.85. The minimum atomic E-state index is -1.13. The first-order chi connectivity index (χ1) is 14.3. The molecule has 0 spiro atoms. The van der Waals surface area contributed by atoms with Crippen molar-refractivity contribution in [1.82, 2.24) is 9.88 Å². The summed E-state index contributed by atoms with van der Waals surface area (Å²) in [7, 11) is 1.52. The topological polar surface area (TPSA) is 62.4 Å². The van der Waals surface area contributed by atoms with Gasteiger partial charge in [-0.2, -0.15) is 0 Å². The number of pyridine rings is 1. The molecule has 1 unspecified atom stereocenters. The molecule has 1 aliphatic heterocycles. The number of hydrogen-bond donors (Lipinski definition) is 1. The molecule has 0 aliphatic carbocycles. The Balaban J connectivity index is 1.81. The van der Waals surface area contributed by atoms with E-state index in [0.717, 1.165) is 12.1 Å². The summed E-state index contributed by atoms with van der Waals surface area (Å²) in [4.78, 5) is 29.3. The van der Waals surface area contributed by atoms with Crippen LogP contribution in [0, 0.1) is 17.5 Å². The zero-order valence-electron chi connectivity index (χ0n) is 16.4. The van der Waals surface area contributed by atoms with Gasteiger partial charge in [0, 0.05) is 23.9 Å². The molecule has 30 heavy (non-hydrogen) atoms. The lowest BCUT2D eigenvalue weighted by molar-refractivity contribution is 0.0335. The summed E-state index contributed by atoms with van der Waals surface area (Å²) in [5, 5.41) is 0.201. The fraction of sp³-hybridized carbons (Fsp3) is 0.273. The van der Waals surface area contributed by atoms with E-state index in [1.165, 1.54) is 18.0 Å². The van der Waals surface area contributed by atoms with Gasteiger partial charge in [-0.05, 0) is 41.6 Å². The van der Waals surface area contributed by atoms with Gasteiger partial charge in [-0.15, -0.1) is 0 Å². The smallest absolute Gasteiger partial charge is 0.256 e. The van der Waals surface area contributed by atoms with Gasteiger partial charge < -0.3 is 14.6 Å². The monoisotopic (exact) mass is 416 g/mol. The van der Waals surface area contributed by atoms with E-state index in [-0.39, 0.29) is 29.5 Å². The summed E-state index contributed by atoms with van der Waals surface area (Å²) in [5.74, 6) is -3.15. The van der Waals surface area contributed by atoms with E-state index in [2.05, 4.69) is 4.98 Å². The van der Waals surface area contributed by atoms with Gasteiger partial charge in [0.2, 0.25) is 0 Å². The van der Waals surface area contributed by atoms with E-state index >= 15 is 0 Å². The summed E-state index contributed by atoms with van der Waals surface area (Å²) in [6, 6.07) is 5.42. The Hall–Kier alpha value is -3.13. The van der Waals surface area contributed by atoms with Crippen LogP contribution >= 0.6 is 0 Å². The average molecular weight is 416 g/mol. The van der Waals surface area contributed by atoms with Crippen molar-refractivity contribution in [3.63, 3.8) is 0 Å². The number of ether oxygens (including phenoxy) is 1. The van der Waals surface area contributed by atoms with Gasteiger partial charge in [0.15, 0.2) is 11.6 Å². The van der Waals surface area contributed by atoms with E-state index in [1.54, 1.807) is 12.1 Å². The number of benzene rings is 2. The lowest BCUT2D eigenvalue weighted by Gasteiger charge is -2.34. The zero-order valence-corrected chi connectivity index (χ0v) is 16.4. The molecule has 0 saturated heterocycles. The number of aryl methyl sites for hydroxylation is 1. The van der Waals surface area contributed by atoms with Crippen molar-refractivity contribution in [2.24, 2.45) is 0 Å². The Labute approximate surface area is 170 Å². The number of likely N-dealkylation sites (N-methyl/N-ethyl adjacent to an activating group) is 1. The van der Waals surface area contributed by atoms with E-state index < -0.39 is 35.0 Å². The van der Waals surface area contributed by atoms with Gasteiger partial charge in [-0.1, -0.05) is 13.0 Å². The first kappa shape index (κ1) is 20.2. The zero-order chi connectivity index (χ0) is 21.6. The molecule has 3 aromatic rings. The van der Waals surface area contributed by atoms with Crippen LogP contribution in [-0.4, -0.2) is 29.4 Å². The largest absolute Gasteiger partial charge is 0.373 e. The number of hydrogen-bond acceptors (Lipinski definition) is 3. The van der Waals surface area contributed by atoms with Gasteiger partial charge in [-0.25, -0.2) is 13.2 Å². The Morgan fingerprint density at radius 1 is 1.13 bits per heavy atom. The molecule has 4 rings (SSSR count). The maximum atomic E-state index is 14.2. The Bertz CT molecular complexity index is 1220. The van der Waals surface area contributed by atoms with Crippen molar-refractivity contribution in [3.8, 4) is 0 Å². The van der Waals surface area contributed by atoms with Crippen LogP contribution in [0.3, 0.4) is 0 Å². The third kappa shape index (κ3) is 3.27. The molecule has 156 valence electrons. The molecular formula is C22H19F3N2O3. The molecule has 1 amide bonds. The summed E-state index contributed by atoms with van der Waals surface area (Å²) in [5.41, 5.74) is 0.961. The maximum absolute atomic E-state index is 14.2. The minimum Gasteiger partial charge on any atom is -0.373 e. The highest BCUT2D eigenvalue weighted by molar-refractivity contribution is 5.95. The Morgan fingerprint density at radius 3 is 2.50 bits per heavy atom. The molecule has 0 saturated carbocycles. The number of aromatic amines is 1. The molecule has 1 aromatic heterocycles. The fourth-order valence-electron chi connectivity index (χ4n) is 3.86. The van der Waals surface area contributed by atoms with Crippen LogP contribution in [0.4, 0.5) is 13.2 Å². The van der Waals surface area contributed by atoms with Crippen LogP contribution < -0.4 is 5.56 Å². The summed E-state index contributed by atoms with van der Waals surface area (Å²) in [6.07, 6.45) is 0.501. The molecule has 1 atom stereocenters. The molecule has 0 radical (unpaired) electrons. The quantitative estimate of drug-likeness (QED) is 0.706. The highest BCUT2D eigenvalue weighted by atomic mass is 19.2. The number of amides is 1. The highest BCUT2D eigenvalue weighted by Gasteiger charge is 2.31. The lowest BCUT2D eigenvalue weighted by atomic mass is 9.95. The van der Waals surface area contributed by atoms with Crippen LogP contribution in [0.1, 0.15) is 40.1 Å². The maximum Gasteiger partial charge on any atom is 0.256 e. The molecule has 2 heterocycles. The van der Waals surface area contributed by atoms with Crippen molar-refractivity contribution >= 4 is 16.7 Å². The van der Waals surface area contributed by atoms with Crippen molar-refractivity contribution < 1.29 is 22.7 Å². The van der Waals surface area contributed by atoms with Crippen molar-refractivity contribution in [2.75, 3.05) is 13.7 Å². The van der Waals surface area contributed by atoms with Crippen molar-refractivity contribution in [1.29, 1.82) is 0 Å². The molecule has 0 bridgehead atoms. The molecular weight excluding hydrogens is 397 g/mol. The first-order valence-corrected chi connectivity index (χ1v) is 9.49. The second-order valence-corrected chi connectivity index (χ2v) is 7.26. The van der Waals surface area contributed by atoms with Crippen LogP contribution in [0.25, 0.3) is 10.8 Å². The SMILES string of the molecule is CCc1ccc(C(=O)N(C)C2COCc3[nH]c(=O)c4cc(F)c(F)cc4c32)cc1F. The Kier molecular flexibility index (Phi) is 5.11. The highest BCUT2D eigenvalue weighted by Crippen LogP contribution is 2.34. The molecule has 1 N–H and O–H groups in total.